The lowest BCUT2D eigenvalue weighted by Crippen LogP contribution is -2.03. The number of hydrazone groups is 1. The monoisotopic (exact) mass is 296 g/mol. The van der Waals surface area contributed by atoms with Crippen molar-refractivity contribution in [2.45, 2.75) is 13.5 Å². The predicted octanol–water partition coefficient (Wildman–Crippen LogP) is 2.56. The number of hydrogen-bond donors (Lipinski definition) is 2. The summed E-state index contributed by atoms with van der Waals surface area (Å²) in [6.45, 7) is 2.17. The predicted molar refractivity (Wildman–Crippen MR) is 83.7 cm³/mol. The Morgan fingerprint density at radius 1 is 1.45 bits per heavy atom. The van der Waals surface area contributed by atoms with Gasteiger partial charge in [0.05, 0.1) is 12.8 Å². The molecule has 0 bridgehead atoms. The molecule has 0 saturated carbocycles. The zero-order valence-corrected chi connectivity index (χ0v) is 12.4. The minimum absolute atomic E-state index is 0.165. The minimum Gasteiger partial charge on any atom is -0.508 e. The summed E-state index contributed by atoms with van der Waals surface area (Å²) in [7, 11) is 1.57. The molecule has 0 fully saturated rings. The first-order chi connectivity index (χ1) is 10.6. The number of anilines is 1. The number of rotatable bonds is 5. The molecule has 0 unspecified atom stereocenters. The van der Waals surface area contributed by atoms with Gasteiger partial charge in [-0.25, -0.2) is 4.98 Å². The van der Waals surface area contributed by atoms with E-state index in [0.29, 0.717) is 18.0 Å². The quantitative estimate of drug-likeness (QED) is 0.653. The Hall–Kier alpha value is -2.91. The van der Waals surface area contributed by atoms with Crippen LogP contribution in [0, 0.1) is 18.3 Å². The van der Waals surface area contributed by atoms with Crippen molar-refractivity contribution in [1.82, 2.24) is 4.98 Å². The van der Waals surface area contributed by atoms with Crippen LogP contribution in [0.25, 0.3) is 0 Å². The highest BCUT2D eigenvalue weighted by atomic mass is 16.5. The van der Waals surface area contributed by atoms with Crippen LogP contribution in [0.5, 0.6) is 5.75 Å². The molecule has 0 amide bonds. The van der Waals surface area contributed by atoms with E-state index in [1.165, 1.54) is 0 Å². The number of nitriles is 1. The minimum atomic E-state index is 0.165. The number of aromatic hydroxyl groups is 1. The van der Waals surface area contributed by atoms with Gasteiger partial charge in [0, 0.05) is 18.4 Å². The number of aromatic nitrogens is 1. The number of pyridine rings is 1. The average molecular weight is 296 g/mol. The van der Waals surface area contributed by atoms with Gasteiger partial charge in [0.1, 0.15) is 17.4 Å². The fourth-order valence-corrected chi connectivity index (χ4v) is 1.99. The Balaban J connectivity index is 2.24. The third-order valence-corrected chi connectivity index (χ3v) is 2.90. The molecule has 2 rings (SSSR count). The van der Waals surface area contributed by atoms with Gasteiger partial charge in [-0.1, -0.05) is 12.1 Å². The van der Waals surface area contributed by atoms with Gasteiger partial charge in [-0.3, -0.25) is 5.43 Å². The van der Waals surface area contributed by atoms with Gasteiger partial charge in [-0.2, -0.15) is 10.4 Å². The zero-order valence-electron chi connectivity index (χ0n) is 12.4. The molecule has 0 atom stereocenters. The summed E-state index contributed by atoms with van der Waals surface area (Å²) in [6.07, 6.45) is 1.54. The molecule has 6 heteroatoms. The van der Waals surface area contributed by atoms with E-state index in [4.69, 9.17) is 4.74 Å². The van der Waals surface area contributed by atoms with E-state index < -0.39 is 0 Å². The SMILES string of the molecule is COCc1cc(C)nc(N/N=C\c2cccc(O)c2)c1C#N. The van der Waals surface area contributed by atoms with Crippen LogP contribution in [-0.2, 0) is 11.3 Å². The molecule has 0 aliphatic rings. The smallest absolute Gasteiger partial charge is 0.164 e. The van der Waals surface area contributed by atoms with Crippen LogP contribution in [0.15, 0.2) is 35.4 Å². The molecule has 0 spiro atoms. The first-order valence-corrected chi connectivity index (χ1v) is 6.61. The standard InChI is InChI=1S/C16H16N4O2/c1-11-6-13(10-22-2)15(8-17)16(19-11)20-18-9-12-4-3-5-14(21)7-12/h3-7,9,21H,10H2,1-2H3,(H,19,20)/b18-9-. The van der Waals surface area contributed by atoms with Crippen LogP contribution in [0.1, 0.15) is 22.4 Å². The second kappa shape index (κ2) is 7.20. The Labute approximate surface area is 128 Å². The van der Waals surface area contributed by atoms with Crippen molar-refractivity contribution in [2.75, 3.05) is 12.5 Å². The number of methoxy groups -OCH3 is 1. The van der Waals surface area contributed by atoms with Crippen molar-refractivity contribution in [3.8, 4) is 11.8 Å². The zero-order chi connectivity index (χ0) is 15.9. The third-order valence-electron chi connectivity index (χ3n) is 2.90. The molecule has 1 aromatic carbocycles. The van der Waals surface area contributed by atoms with Crippen molar-refractivity contribution >= 4 is 12.0 Å². The van der Waals surface area contributed by atoms with Crippen LogP contribution in [0.3, 0.4) is 0 Å². The molecule has 0 radical (unpaired) electrons. The van der Waals surface area contributed by atoms with E-state index in [9.17, 15) is 10.4 Å². The molecule has 112 valence electrons. The lowest BCUT2D eigenvalue weighted by Gasteiger charge is -2.09. The average Bonchev–Trinajstić information content (AvgIpc) is 2.47. The van der Waals surface area contributed by atoms with Crippen molar-refractivity contribution in [3.63, 3.8) is 0 Å². The summed E-state index contributed by atoms with van der Waals surface area (Å²) in [4.78, 5) is 4.28. The summed E-state index contributed by atoms with van der Waals surface area (Å²) >= 11 is 0. The molecule has 2 aromatic rings. The molecular weight excluding hydrogens is 280 g/mol. The molecule has 2 N–H and O–H groups in total. The Morgan fingerprint density at radius 2 is 2.27 bits per heavy atom. The van der Waals surface area contributed by atoms with Gasteiger partial charge in [0.15, 0.2) is 5.82 Å². The third kappa shape index (κ3) is 3.81. The number of hydrogen-bond acceptors (Lipinski definition) is 6. The summed E-state index contributed by atoms with van der Waals surface area (Å²) in [5.41, 5.74) is 5.43. The van der Waals surface area contributed by atoms with Crippen LogP contribution >= 0.6 is 0 Å². The highest BCUT2D eigenvalue weighted by Crippen LogP contribution is 2.19. The van der Waals surface area contributed by atoms with E-state index >= 15 is 0 Å². The van der Waals surface area contributed by atoms with Gasteiger partial charge in [-0.05, 0) is 30.7 Å². The Morgan fingerprint density at radius 3 is 2.95 bits per heavy atom. The number of nitrogens with one attached hydrogen (secondary N) is 1. The number of ether oxygens (including phenoxy) is 1. The molecule has 0 aliphatic heterocycles. The van der Waals surface area contributed by atoms with Gasteiger partial charge in [-0.15, -0.1) is 0 Å². The number of benzene rings is 1. The molecule has 0 saturated heterocycles. The number of phenolic OH excluding ortho intramolecular Hbond substituents is 1. The summed E-state index contributed by atoms with van der Waals surface area (Å²) in [6, 6.07) is 10.6. The molecule has 0 aliphatic carbocycles. The maximum absolute atomic E-state index is 9.39. The van der Waals surface area contributed by atoms with E-state index in [-0.39, 0.29) is 5.75 Å². The largest absolute Gasteiger partial charge is 0.508 e. The van der Waals surface area contributed by atoms with Crippen molar-refractivity contribution < 1.29 is 9.84 Å². The van der Waals surface area contributed by atoms with Gasteiger partial charge >= 0.3 is 0 Å². The van der Waals surface area contributed by atoms with E-state index in [1.807, 2.05) is 13.0 Å². The highest BCUT2D eigenvalue weighted by Gasteiger charge is 2.10. The first kappa shape index (κ1) is 15.5. The second-order valence-electron chi connectivity index (χ2n) is 4.66. The normalized spacial score (nSPS) is 10.6. The number of phenols is 1. The fourth-order valence-electron chi connectivity index (χ4n) is 1.99. The van der Waals surface area contributed by atoms with Crippen molar-refractivity contribution in [2.24, 2.45) is 5.10 Å². The highest BCUT2D eigenvalue weighted by molar-refractivity contribution is 5.80. The van der Waals surface area contributed by atoms with Crippen molar-refractivity contribution in [1.29, 1.82) is 5.26 Å². The van der Waals surface area contributed by atoms with Crippen LogP contribution in [0.4, 0.5) is 5.82 Å². The summed E-state index contributed by atoms with van der Waals surface area (Å²) < 4.78 is 5.09. The van der Waals surface area contributed by atoms with Gasteiger partial charge in [0.25, 0.3) is 0 Å². The first-order valence-electron chi connectivity index (χ1n) is 6.61. The fraction of sp³-hybridized carbons (Fsp3) is 0.188. The van der Waals surface area contributed by atoms with Crippen LogP contribution in [0.2, 0.25) is 0 Å². The number of nitrogens with zero attached hydrogens (tertiary/aromatic N) is 3. The number of aryl methyl sites for hydroxylation is 1. The summed E-state index contributed by atoms with van der Waals surface area (Å²) in [5.74, 6) is 0.545. The molecule has 6 nitrogen and oxygen atoms in total. The van der Waals surface area contributed by atoms with E-state index in [1.54, 1.807) is 37.6 Å². The second-order valence-corrected chi connectivity index (χ2v) is 4.66. The lowest BCUT2D eigenvalue weighted by atomic mass is 10.1. The van der Waals surface area contributed by atoms with Gasteiger partial charge < -0.3 is 9.84 Å². The summed E-state index contributed by atoms with van der Waals surface area (Å²) in [5, 5.41) is 22.8. The van der Waals surface area contributed by atoms with Crippen LogP contribution < -0.4 is 5.43 Å². The maximum Gasteiger partial charge on any atom is 0.164 e. The molecular formula is C16H16N4O2. The lowest BCUT2D eigenvalue weighted by molar-refractivity contribution is 0.184. The topological polar surface area (TPSA) is 90.5 Å². The maximum atomic E-state index is 9.39. The van der Waals surface area contributed by atoms with Gasteiger partial charge in [0.2, 0.25) is 0 Å². The van der Waals surface area contributed by atoms with E-state index in [2.05, 4.69) is 21.6 Å². The molecule has 22 heavy (non-hydrogen) atoms. The van der Waals surface area contributed by atoms with E-state index in [0.717, 1.165) is 16.8 Å². The Bertz CT molecular complexity index is 735. The molecule has 1 heterocycles. The van der Waals surface area contributed by atoms with Crippen molar-refractivity contribution in [3.05, 3.63) is 52.7 Å². The molecule has 1 aromatic heterocycles. The van der Waals surface area contributed by atoms with Crippen LogP contribution in [-0.4, -0.2) is 23.4 Å². The Kier molecular flexibility index (Phi) is 5.07.